The molecule has 0 aromatic carbocycles. The minimum atomic E-state index is 0.0132. The highest BCUT2D eigenvalue weighted by molar-refractivity contribution is 5.77. The first kappa shape index (κ1) is 14.0. The van der Waals surface area contributed by atoms with Crippen LogP contribution >= 0.6 is 0 Å². The quantitative estimate of drug-likeness (QED) is 0.729. The number of nitrogens with zero attached hydrogens (tertiary/aromatic N) is 2. The van der Waals surface area contributed by atoms with Gasteiger partial charge in [0, 0.05) is 25.6 Å². The Balaban J connectivity index is 2.42. The van der Waals surface area contributed by atoms with Gasteiger partial charge in [-0.25, -0.2) is 0 Å². The van der Waals surface area contributed by atoms with Gasteiger partial charge in [0.15, 0.2) is 0 Å². The highest BCUT2D eigenvalue weighted by Crippen LogP contribution is 2.33. The van der Waals surface area contributed by atoms with Crippen LogP contribution in [-0.2, 0) is 4.79 Å². The Kier molecular flexibility index (Phi) is 5.43. The maximum Gasteiger partial charge on any atom is 0.224 e. The molecule has 1 amide bonds. The van der Waals surface area contributed by atoms with Crippen molar-refractivity contribution >= 4 is 5.91 Å². The van der Waals surface area contributed by atoms with Crippen LogP contribution in [0, 0.1) is 23.2 Å². The summed E-state index contributed by atoms with van der Waals surface area (Å²) in [5.74, 6) is 1.08. The molecule has 1 atom stereocenters. The molecular weight excluding hydrogens is 214 g/mol. The Morgan fingerprint density at radius 1 is 1.53 bits per heavy atom. The van der Waals surface area contributed by atoms with Gasteiger partial charge >= 0.3 is 0 Å². The predicted octanol–water partition coefficient (Wildman–Crippen LogP) is 1.51. The Hall–Kier alpha value is -1.08. The van der Waals surface area contributed by atoms with Gasteiger partial charge in [-0.1, -0.05) is 13.8 Å². The molecule has 0 aliphatic heterocycles. The standard InChI is InChI=1S/C13H23N3O/c1-10(2)9-16(7-3-6-14)13(17)8-12(15)11-4-5-11/h10-12H,3-5,7-9,15H2,1-2H3. The fourth-order valence-electron chi connectivity index (χ4n) is 1.97. The van der Waals surface area contributed by atoms with E-state index in [4.69, 9.17) is 11.0 Å². The van der Waals surface area contributed by atoms with Crippen molar-refractivity contribution in [1.82, 2.24) is 4.90 Å². The summed E-state index contributed by atoms with van der Waals surface area (Å²) >= 11 is 0. The van der Waals surface area contributed by atoms with Crippen molar-refractivity contribution in [2.24, 2.45) is 17.6 Å². The zero-order chi connectivity index (χ0) is 12.8. The molecule has 1 unspecified atom stereocenters. The van der Waals surface area contributed by atoms with Crippen molar-refractivity contribution in [3.8, 4) is 6.07 Å². The van der Waals surface area contributed by atoms with Gasteiger partial charge in [-0.15, -0.1) is 0 Å². The summed E-state index contributed by atoms with van der Waals surface area (Å²) in [6.45, 7) is 5.41. The second-order valence-corrected chi connectivity index (χ2v) is 5.35. The van der Waals surface area contributed by atoms with Crippen molar-refractivity contribution in [2.75, 3.05) is 13.1 Å². The molecule has 1 aliphatic rings. The second kappa shape index (κ2) is 6.61. The molecule has 96 valence electrons. The summed E-state index contributed by atoms with van der Waals surface area (Å²) in [7, 11) is 0. The van der Waals surface area contributed by atoms with E-state index in [1.54, 1.807) is 4.90 Å². The smallest absolute Gasteiger partial charge is 0.224 e. The lowest BCUT2D eigenvalue weighted by molar-refractivity contribution is -0.132. The van der Waals surface area contributed by atoms with Gasteiger partial charge in [0.2, 0.25) is 5.91 Å². The van der Waals surface area contributed by atoms with Gasteiger partial charge in [-0.2, -0.15) is 5.26 Å². The van der Waals surface area contributed by atoms with E-state index in [1.807, 2.05) is 0 Å². The first-order chi connectivity index (χ1) is 8.04. The molecule has 0 spiro atoms. The molecule has 4 nitrogen and oxygen atoms in total. The largest absolute Gasteiger partial charge is 0.341 e. The van der Waals surface area contributed by atoms with Crippen molar-refractivity contribution in [3.05, 3.63) is 0 Å². The first-order valence-corrected chi connectivity index (χ1v) is 6.45. The van der Waals surface area contributed by atoms with E-state index in [-0.39, 0.29) is 11.9 Å². The van der Waals surface area contributed by atoms with Gasteiger partial charge in [0.25, 0.3) is 0 Å². The molecule has 0 heterocycles. The molecule has 0 aromatic rings. The Morgan fingerprint density at radius 2 is 2.18 bits per heavy atom. The third-order valence-electron chi connectivity index (χ3n) is 3.07. The molecule has 1 aliphatic carbocycles. The predicted molar refractivity (Wildman–Crippen MR) is 67.0 cm³/mol. The van der Waals surface area contributed by atoms with Crippen LogP contribution in [0.15, 0.2) is 0 Å². The van der Waals surface area contributed by atoms with Crippen molar-refractivity contribution < 1.29 is 4.79 Å². The van der Waals surface area contributed by atoms with Crippen LogP contribution in [0.25, 0.3) is 0 Å². The number of amides is 1. The van der Waals surface area contributed by atoms with Crippen LogP contribution in [0.1, 0.15) is 39.5 Å². The summed E-state index contributed by atoms with van der Waals surface area (Å²) < 4.78 is 0. The number of hydrogen-bond acceptors (Lipinski definition) is 3. The number of carbonyl (C=O) groups excluding carboxylic acids is 1. The maximum absolute atomic E-state index is 12.1. The van der Waals surface area contributed by atoms with Gasteiger partial charge < -0.3 is 10.6 Å². The average Bonchev–Trinajstić information content (AvgIpc) is 3.06. The fourth-order valence-corrected chi connectivity index (χ4v) is 1.97. The van der Waals surface area contributed by atoms with Crippen LogP contribution < -0.4 is 5.73 Å². The van der Waals surface area contributed by atoms with E-state index < -0.39 is 0 Å². The molecule has 1 saturated carbocycles. The topological polar surface area (TPSA) is 70.1 Å². The van der Waals surface area contributed by atoms with Crippen molar-refractivity contribution in [1.29, 1.82) is 5.26 Å². The molecular formula is C13H23N3O. The molecule has 1 fully saturated rings. The van der Waals surface area contributed by atoms with E-state index in [1.165, 1.54) is 0 Å². The molecule has 1 rings (SSSR count). The SMILES string of the molecule is CC(C)CN(CCC#N)C(=O)CC(N)C1CC1. The van der Waals surface area contributed by atoms with E-state index >= 15 is 0 Å². The zero-order valence-corrected chi connectivity index (χ0v) is 10.9. The summed E-state index contributed by atoms with van der Waals surface area (Å²) in [4.78, 5) is 13.9. The number of hydrogen-bond donors (Lipinski definition) is 1. The Morgan fingerprint density at radius 3 is 2.65 bits per heavy atom. The summed E-state index contributed by atoms with van der Waals surface area (Å²) in [6.07, 6.45) is 3.16. The average molecular weight is 237 g/mol. The van der Waals surface area contributed by atoms with Crippen LogP contribution in [0.3, 0.4) is 0 Å². The van der Waals surface area contributed by atoms with Gasteiger partial charge in [0.1, 0.15) is 0 Å². The molecule has 17 heavy (non-hydrogen) atoms. The maximum atomic E-state index is 12.1. The van der Waals surface area contributed by atoms with E-state index in [0.717, 1.165) is 19.4 Å². The third kappa shape index (κ3) is 5.18. The van der Waals surface area contributed by atoms with Crippen LogP contribution in [0.4, 0.5) is 0 Å². The van der Waals surface area contributed by atoms with Crippen LogP contribution in [-0.4, -0.2) is 29.9 Å². The Bertz CT molecular complexity index is 292. The highest BCUT2D eigenvalue weighted by atomic mass is 16.2. The molecule has 0 radical (unpaired) electrons. The lowest BCUT2D eigenvalue weighted by Gasteiger charge is -2.25. The summed E-state index contributed by atoms with van der Waals surface area (Å²) in [5, 5.41) is 8.60. The summed E-state index contributed by atoms with van der Waals surface area (Å²) in [6, 6.07) is 2.10. The van der Waals surface area contributed by atoms with E-state index in [0.29, 0.717) is 31.2 Å². The number of nitrogens with two attached hydrogens (primary N) is 1. The monoisotopic (exact) mass is 237 g/mol. The van der Waals surface area contributed by atoms with E-state index in [9.17, 15) is 4.79 Å². The first-order valence-electron chi connectivity index (χ1n) is 6.45. The van der Waals surface area contributed by atoms with Crippen molar-refractivity contribution in [3.63, 3.8) is 0 Å². The molecule has 0 saturated heterocycles. The zero-order valence-electron chi connectivity index (χ0n) is 10.9. The van der Waals surface area contributed by atoms with Gasteiger partial charge in [0.05, 0.1) is 12.5 Å². The Labute approximate surface area is 104 Å². The lowest BCUT2D eigenvalue weighted by atomic mass is 10.1. The number of rotatable bonds is 7. The normalized spacial score (nSPS) is 16.6. The molecule has 0 aromatic heterocycles. The van der Waals surface area contributed by atoms with Crippen LogP contribution in [0.2, 0.25) is 0 Å². The lowest BCUT2D eigenvalue weighted by Crippen LogP contribution is -2.39. The minimum Gasteiger partial charge on any atom is -0.341 e. The van der Waals surface area contributed by atoms with E-state index in [2.05, 4.69) is 19.9 Å². The minimum absolute atomic E-state index is 0.0132. The summed E-state index contributed by atoms with van der Waals surface area (Å²) in [5.41, 5.74) is 5.96. The fraction of sp³-hybridized carbons (Fsp3) is 0.846. The molecule has 0 bridgehead atoms. The highest BCUT2D eigenvalue weighted by Gasteiger charge is 2.31. The van der Waals surface area contributed by atoms with Gasteiger partial charge in [-0.3, -0.25) is 4.79 Å². The second-order valence-electron chi connectivity index (χ2n) is 5.35. The van der Waals surface area contributed by atoms with Crippen molar-refractivity contribution in [2.45, 2.75) is 45.6 Å². The number of carbonyl (C=O) groups is 1. The molecule has 4 heteroatoms. The van der Waals surface area contributed by atoms with Crippen LogP contribution in [0.5, 0.6) is 0 Å². The third-order valence-corrected chi connectivity index (χ3v) is 3.07. The van der Waals surface area contributed by atoms with Gasteiger partial charge in [-0.05, 0) is 24.7 Å². The molecule has 2 N–H and O–H groups in total. The number of nitriles is 1.